The van der Waals surface area contributed by atoms with Crippen LogP contribution in [0.1, 0.15) is 42.6 Å². The first kappa shape index (κ1) is 12.0. The second-order valence-electron chi connectivity index (χ2n) is 5.88. The van der Waals surface area contributed by atoms with Gasteiger partial charge in [-0.05, 0) is 51.5 Å². The highest BCUT2D eigenvalue weighted by Gasteiger charge is 2.35. The van der Waals surface area contributed by atoms with Crippen molar-refractivity contribution in [3.05, 3.63) is 23.0 Å². The highest BCUT2D eigenvalue weighted by atomic mass is 15.2. The van der Waals surface area contributed by atoms with Gasteiger partial charge in [0.15, 0.2) is 0 Å². The van der Waals surface area contributed by atoms with E-state index in [1.165, 1.54) is 43.5 Å². The average Bonchev–Trinajstić information content (AvgIpc) is 3.17. The second-order valence-corrected chi connectivity index (χ2v) is 5.88. The monoisotopic (exact) mass is 245 g/mol. The van der Waals surface area contributed by atoms with Gasteiger partial charge in [0.25, 0.3) is 0 Å². The van der Waals surface area contributed by atoms with Crippen molar-refractivity contribution in [3.63, 3.8) is 0 Å². The van der Waals surface area contributed by atoms with Crippen LogP contribution in [0.2, 0.25) is 0 Å². The third kappa shape index (κ3) is 2.37. The molecule has 0 radical (unpaired) electrons. The first-order valence-electron chi connectivity index (χ1n) is 7.13. The van der Waals surface area contributed by atoms with E-state index in [9.17, 15) is 0 Å². The first-order chi connectivity index (χ1) is 8.69. The molecule has 2 aliphatic carbocycles. The number of hydrogen-bond donors (Lipinski definition) is 1. The van der Waals surface area contributed by atoms with Gasteiger partial charge in [0.1, 0.15) is 0 Å². The number of anilines is 1. The van der Waals surface area contributed by atoms with Crippen molar-refractivity contribution in [1.82, 2.24) is 4.98 Å². The van der Waals surface area contributed by atoms with E-state index < -0.39 is 0 Å². The summed E-state index contributed by atoms with van der Waals surface area (Å²) in [5.74, 6) is 0.921. The third-order valence-electron chi connectivity index (χ3n) is 4.09. The predicted octanol–water partition coefficient (Wildman–Crippen LogP) is 2.54. The quantitative estimate of drug-likeness (QED) is 0.867. The molecule has 1 heterocycles. The van der Waals surface area contributed by atoms with E-state index in [0.29, 0.717) is 6.54 Å². The van der Waals surface area contributed by atoms with Crippen LogP contribution in [0.25, 0.3) is 0 Å². The molecule has 0 saturated heterocycles. The van der Waals surface area contributed by atoms with Crippen LogP contribution in [-0.2, 0) is 6.54 Å². The Hall–Kier alpha value is -1.09. The third-order valence-corrected chi connectivity index (χ3v) is 4.09. The summed E-state index contributed by atoms with van der Waals surface area (Å²) in [5.41, 5.74) is 10.8. The molecule has 98 valence electrons. The fourth-order valence-corrected chi connectivity index (χ4v) is 2.75. The van der Waals surface area contributed by atoms with E-state index in [-0.39, 0.29) is 0 Å². The Morgan fingerprint density at radius 2 is 2.00 bits per heavy atom. The van der Waals surface area contributed by atoms with Crippen LogP contribution >= 0.6 is 0 Å². The summed E-state index contributed by atoms with van der Waals surface area (Å²) in [6.07, 6.45) is 5.50. The average molecular weight is 245 g/mol. The Bertz CT molecular complexity index is 447. The van der Waals surface area contributed by atoms with Crippen LogP contribution in [0.15, 0.2) is 6.07 Å². The molecule has 0 spiro atoms. The minimum absolute atomic E-state index is 0.600. The van der Waals surface area contributed by atoms with Gasteiger partial charge in [-0.1, -0.05) is 0 Å². The molecule has 0 atom stereocenters. The minimum atomic E-state index is 0.600. The van der Waals surface area contributed by atoms with Crippen molar-refractivity contribution < 1.29 is 0 Å². The molecule has 2 saturated carbocycles. The maximum absolute atomic E-state index is 5.94. The molecular weight excluding hydrogens is 222 g/mol. The number of nitrogens with zero attached hydrogens (tertiary/aromatic N) is 2. The van der Waals surface area contributed by atoms with Crippen LogP contribution < -0.4 is 10.6 Å². The summed E-state index contributed by atoms with van der Waals surface area (Å²) in [4.78, 5) is 7.17. The van der Waals surface area contributed by atoms with Crippen molar-refractivity contribution in [2.45, 2.75) is 52.1 Å². The molecule has 1 aromatic heterocycles. The molecule has 0 amide bonds. The highest BCUT2D eigenvalue weighted by Crippen LogP contribution is 2.39. The molecule has 18 heavy (non-hydrogen) atoms. The molecule has 2 fully saturated rings. The molecule has 2 N–H and O–H groups in total. The van der Waals surface area contributed by atoms with E-state index in [1.54, 1.807) is 0 Å². The Morgan fingerprint density at radius 3 is 2.56 bits per heavy atom. The lowest BCUT2D eigenvalue weighted by Crippen LogP contribution is -2.30. The lowest BCUT2D eigenvalue weighted by Gasteiger charge is -2.28. The molecular formula is C15H23N3. The molecule has 0 aliphatic heterocycles. The number of rotatable bonds is 5. The van der Waals surface area contributed by atoms with Crippen LogP contribution in [-0.4, -0.2) is 17.6 Å². The Morgan fingerprint density at radius 1 is 1.28 bits per heavy atom. The second kappa shape index (κ2) is 4.54. The molecule has 3 nitrogen and oxygen atoms in total. The number of aryl methyl sites for hydroxylation is 2. The Balaban J connectivity index is 1.95. The summed E-state index contributed by atoms with van der Waals surface area (Å²) < 4.78 is 0. The van der Waals surface area contributed by atoms with Crippen molar-refractivity contribution in [2.75, 3.05) is 11.4 Å². The fourth-order valence-electron chi connectivity index (χ4n) is 2.75. The normalized spacial score (nSPS) is 19.1. The van der Waals surface area contributed by atoms with Gasteiger partial charge in [-0.2, -0.15) is 0 Å². The van der Waals surface area contributed by atoms with Gasteiger partial charge in [-0.15, -0.1) is 0 Å². The highest BCUT2D eigenvalue weighted by molar-refractivity contribution is 5.57. The lowest BCUT2D eigenvalue weighted by molar-refractivity contribution is 0.712. The SMILES string of the molecule is Cc1cc(N(CC2CC2)C2CC2)c(CN)c(C)n1. The number of hydrogen-bond acceptors (Lipinski definition) is 3. The van der Waals surface area contributed by atoms with Gasteiger partial charge in [0.05, 0.1) is 0 Å². The first-order valence-corrected chi connectivity index (χ1v) is 7.13. The number of pyridine rings is 1. The van der Waals surface area contributed by atoms with Crippen molar-refractivity contribution >= 4 is 5.69 Å². The summed E-state index contributed by atoms with van der Waals surface area (Å²) in [6, 6.07) is 2.99. The zero-order valence-electron chi connectivity index (χ0n) is 11.4. The maximum atomic E-state index is 5.94. The fraction of sp³-hybridized carbons (Fsp3) is 0.667. The van der Waals surface area contributed by atoms with Crippen molar-refractivity contribution in [2.24, 2.45) is 11.7 Å². The largest absolute Gasteiger partial charge is 0.368 e. The molecule has 3 heteroatoms. The van der Waals surface area contributed by atoms with Gasteiger partial charge in [-0.25, -0.2) is 0 Å². The number of aromatic nitrogens is 1. The molecule has 0 unspecified atom stereocenters. The summed E-state index contributed by atoms with van der Waals surface area (Å²) in [6.45, 7) is 5.99. The van der Waals surface area contributed by atoms with E-state index in [0.717, 1.165) is 23.3 Å². The van der Waals surface area contributed by atoms with Gasteiger partial charge in [0.2, 0.25) is 0 Å². The standard InChI is InChI=1S/C15H23N3/c1-10-7-15(14(8-16)11(2)17-10)18(13-5-6-13)9-12-3-4-12/h7,12-13H,3-6,8-9,16H2,1-2H3. The Kier molecular flexibility index (Phi) is 3.02. The minimum Gasteiger partial charge on any atom is -0.368 e. The van der Waals surface area contributed by atoms with Crippen LogP contribution in [0, 0.1) is 19.8 Å². The smallest absolute Gasteiger partial charge is 0.0450 e. The summed E-state index contributed by atoms with van der Waals surface area (Å²) in [5, 5.41) is 0. The lowest BCUT2D eigenvalue weighted by atomic mass is 10.1. The van der Waals surface area contributed by atoms with Gasteiger partial charge in [-0.3, -0.25) is 4.98 Å². The summed E-state index contributed by atoms with van der Waals surface area (Å²) >= 11 is 0. The van der Waals surface area contributed by atoms with Gasteiger partial charge in [0, 0.05) is 41.8 Å². The van der Waals surface area contributed by atoms with E-state index in [2.05, 4.69) is 29.8 Å². The van der Waals surface area contributed by atoms with Gasteiger partial charge < -0.3 is 10.6 Å². The molecule has 1 aromatic rings. The van der Waals surface area contributed by atoms with Gasteiger partial charge >= 0.3 is 0 Å². The molecule has 0 bridgehead atoms. The van der Waals surface area contributed by atoms with Crippen molar-refractivity contribution in [1.29, 1.82) is 0 Å². The summed E-state index contributed by atoms with van der Waals surface area (Å²) in [7, 11) is 0. The van der Waals surface area contributed by atoms with Crippen LogP contribution in [0.3, 0.4) is 0 Å². The molecule has 3 rings (SSSR count). The van der Waals surface area contributed by atoms with E-state index in [1.807, 2.05) is 0 Å². The van der Waals surface area contributed by atoms with Crippen LogP contribution in [0.4, 0.5) is 5.69 Å². The van der Waals surface area contributed by atoms with E-state index >= 15 is 0 Å². The van der Waals surface area contributed by atoms with E-state index in [4.69, 9.17) is 5.73 Å². The maximum Gasteiger partial charge on any atom is 0.0450 e. The topological polar surface area (TPSA) is 42.1 Å². The zero-order valence-corrected chi connectivity index (χ0v) is 11.4. The van der Waals surface area contributed by atoms with Crippen molar-refractivity contribution in [3.8, 4) is 0 Å². The molecule has 0 aromatic carbocycles. The zero-order chi connectivity index (χ0) is 12.7. The number of nitrogens with two attached hydrogens (primary N) is 1. The molecule has 2 aliphatic rings. The predicted molar refractivity (Wildman–Crippen MR) is 74.7 cm³/mol. The Labute approximate surface area is 109 Å². The van der Waals surface area contributed by atoms with Crippen LogP contribution in [0.5, 0.6) is 0 Å².